The van der Waals surface area contributed by atoms with Crippen molar-refractivity contribution in [3.05, 3.63) is 291 Å². The number of benzene rings is 12. The molecule has 0 spiro atoms. The fourth-order valence-electron chi connectivity index (χ4n) is 10.8. The predicted molar refractivity (Wildman–Crippen MR) is 318 cm³/mol. The SMILES string of the molecule is c1ccc(-c2ccc(N(c3ccc(-c4ccc(N(c5ccc(-c6ccccc6)cc5)c5ccc(-c6cccc7c6oc6ccccc67)cc5)cc4)cc3)c3ccc(-c4ccc5c(c4)oc4ccccc45)cc3)cc2)cc1. The van der Waals surface area contributed by atoms with E-state index in [1.165, 1.54) is 22.3 Å². The maximum Gasteiger partial charge on any atom is 0.143 e. The highest BCUT2D eigenvalue weighted by atomic mass is 16.3. The zero-order valence-corrected chi connectivity index (χ0v) is 41.4. The normalized spacial score (nSPS) is 11.4. The minimum absolute atomic E-state index is 0.892. The first-order valence-corrected chi connectivity index (χ1v) is 25.8. The van der Waals surface area contributed by atoms with Crippen molar-refractivity contribution in [1.29, 1.82) is 0 Å². The standard InChI is InChI=1S/C72H48N2O2/c1-3-12-49(13-4-1)51-22-35-58(36-23-51)73(62-43-30-55(31-44-62)57-34-47-67-65-16-7-9-20-69(65)75-71(67)48-57)60-39-26-53(27-40-60)54-28-41-61(42-29-54)74(59-37-24-52(25-38-59)50-14-5-2-6-15-50)63-45-32-56(33-46-63)64-18-11-19-68-66-17-8-10-21-70(66)76-72(64)68/h1-48H. The van der Waals surface area contributed by atoms with Crippen LogP contribution in [0.25, 0.3) is 99.5 Å². The molecule has 12 aromatic carbocycles. The second kappa shape index (κ2) is 19.0. The number of hydrogen-bond acceptors (Lipinski definition) is 4. The number of para-hydroxylation sites is 3. The van der Waals surface area contributed by atoms with Gasteiger partial charge in [0.25, 0.3) is 0 Å². The molecule has 2 aromatic heterocycles. The van der Waals surface area contributed by atoms with Gasteiger partial charge in [0.15, 0.2) is 0 Å². The maximum atomic E-state index is 6.45. The molecule has 0 aliphatic carbocycles. The van der Waals surface area contributed by atoms with Crippen molar-refractivity contribution in [2.75, 3.05) is 9.80 Å². The van der Waals surface area contributed by atoms with E-state index in [1.807, 2.05) is 24.3 Å². The van der Waals surface area contributed by atoms with E-state index in [1.54, 1.807) is 0 Å². The smallest absolute Gasteiger partial charge is 0.143 e. The Hall–Kier alpha value is -10.2. The summed E-state index contributed by atoms with van der Waals surface area (Å²) in [5.41, 5.74) is 21.4. The summed E-state index contributed by atoms with van der Waals surface area (Å²) in [6, 6.07) is 104. The summed E-state index contributed by atoms with van der Waals surface area (Å²) in [5.74, 6) is 0. The van der Waals surface area contributed by atoms with E-state index < -0.39 is 0 Å². The van der Waals surface area contributed by atoms with E-state index in [0.717, 1.165) is 111 Å². The van der Waals surface area contributed by atoms with Crippen molar-refractivity contribution in [2.24, 2.45) is 0 Å². The molecule has 358 valence electrons. The first kappa shape index (κ1) is 44.5. The molecule has 0 saturated heterocycles. The Morgan fingerprint density at radius 3 is 0.961 bits per heavy atom. The number of anilines is 6. The zero-order valence-electron chi connectivity index (χ0n) is 41.4. The molecule has 0 aliphatic heterocycles. The van der Waals surface area contributed by atoms with Gasteiger partial charge in [0.1, 0.15) is 22.3 Å². The van der Waals surface area contributed by atoms with Gasteiger partial charge in [-0.2, -0.15) is 0 Å². The van der Waals surface area contributed by atoms with Crippen LogP contribution in [-0.4, -0.2) is 0 Å². The van der Waals surface area contributed by atoms with Crippen LogP contribution in [0.1, 0.15) is 0 Å². The van der Waals surface area contributed by atoms with Crippen molar-refractivity contribution >= 4 is 78.0 Å². The lowest BCUT2D eigenvalue weighted by Gasteiger charge is -2.27. The average molecular weight is 973 g/mol. The lowest BCUT2D eigenvalue weighted by Crippen LogP contribution is -2.10. The summed E-state index contributed by atoms with van der Waals surface area (Å²) in [6.07, 6.45) is 0. The van der Waals surface area contributed by atoms with Gasteiger partial charge in [0.05, 0.1) is 0 Å². The minimum Gasteiger partial charge on any atom is -0.456 e. The summed E-state index contributed by atoms with van der Waals surface area (Å²) in [6.45, 7) is 0. The van der Waals surface area contributed by atoms with Gasteiger partial charge in [-0.05, 0) is 147 Å². The molecule has 4 nitrogen and oxygen atoms in total. The molecule has 14 aromatic rings. The van der Waals surface area contributed by atoms with E-state index in [-0.39, 0.29) is 0 Å². The van der Waals surface area contributed by atoms with Crippen LogP contribution in [0.15, 0.2) is 300 Å². The van der Waals surface area contributed by atoms with E-state index in [4.69, 9.17) is 8.83 Å². The minimum atomic E-state index is 0.892. The van der Waals surface area contributed by atoms with Gasteiger partial charge < -0.3 is 18.6 Å². The number of hydrogen-bond donors (Lipinski definition) is 0. The van der Waals surface area contributed by atoms with Crippen LogP contribution >= 0.6 is 0 Å². The van der Waals surface area contributed by atoms with Gasteiger partial charge >= 0.3 is 0 Å². The van der Waals surface area contributed by atoms with E-state index in [9.17, 15) is 0 Å². The Morgan fingerprint density at radius 1 is 0.197 bits per heavy atom. The lowest BCUT2D eigenvalue weighted by atomic mass is 10.0. The fourth-order valence-corrected chi connectivity index (χ4v) is 10.8. The molecular weight excluding hydrogens is 925 g/mol. The Bertz CT molecular complexity index is 4330. The molecule has 0 radical (unpaired) electrons. The Kier molecular flexibility index (Phi) is 11.2. The largest absolute Gasteiger partial charge is 0.456 e. The molecule has 0 atom stereocenters. The highest BCUT2D eigenvalue weighted by molar-refractivity contribution is 6.10. The number of furan rings is 2. The third kappa shape index (κ3) is 8.25. The van der Waals surface area contributed by atoms with Crippen LogP contribution in [0.4, 0.5) is 34.1 Å². The second-order valence-electron chi connectivity index (χ2n) is 19.3. The molecule has 14 rings (SSSR count). The van der Waals surface area contributed by atoms with E-state index in [0.29, 0.717) is 0 Å². The molecule has 4 heteroatoms. The van der Waals surface area contributed by atoms with Crippen LogP contribution < -0.4 is 9.80 Å². The topological polar surface area (TPSA) is 32.8 Å². The third-order valence-electron chi connectivity index (χ3n) is 14.7. The van der Waals surface area contributed by atoms with Crippen molar-refractivity contribution < 1.29 is 8.83 Å². The molecule has 0 bridgehead atoms. The quantitative estimate of drug-likeness (QED) is 0.129. The molecule has 76 heavy (non-hydrogen) atoms. The highest BCUT2D eigenvalue weighted by Crippen LogP contribution is 2.42. The fraction of sp³-hybridized carbons (Fsp3) is 0. The maximum absolute atomic E-state index is 6.45. The first-order chi connectivity index (χ1) is 37.6. The Labute approximate surface area is 441 Å². The van der Waals surface area contributed by atoms with Crippen molar-refractivity contribution in [1.82, 2.24) is 0 Å². The Morgan fingerprint density at radius 2 is 0.513 bits per heavy atom. The van der Waals surface area contributed by atoms with Crippen LogP contribution in [-0.2, 0) is 0 Å². The van der Waals surface area contributed by atoms with Gasteiger partial charge in [-0.1, -0.05) is 194 Å². The summed E-state index contributed by atoms with van der Waals surface area (Å²) in [7, 11) is 0. The number of rotatable bonds is 11. The Balaban J connectivity index is 0.782. The van der Waals surface area contributed by atoms with Crippen LogP contribution in [0, 0.1) is 0 Å². The summed E-state index contributed by atoms with van der Waals surface area (Å²) >= 11 is 0. The first-order valence-electron chi connectivity index (χ1n) is 25.8. The monoisotopic (exact) mass is 972 g/mol. The summed E-state index contributed by atoms with van der Waals surface area (Å²) in [4.78, 5) is 4.66. The molecule has 0 N–H and O–H groups in total. The molecule has 0 fully saturated rings. The molecule has 0 aliphatic rings. The number of fused-ring (bicyclic) bond motifs is 6. The summed E-state index contributed by atoms with van der Waals surface area (Å²) in [5, 5.41) is 4.52. The molecule has 0 unspecified atom stereocenters. The lowest BCUT2D eigenvalue weighted by molar-refractivity contribution is 0.669. The molecular formula is C72H48N2O2. The van der Waals surface area contributed by atoms with Gasteiger partial charge in [-0.15, -0.1) is 0 Å². The van der Waals surface area contributed by atoms with Gasteiger partial charge in [0, 0.05) is 61.2 Å². The van der Waals surface area contributed by atoms with Crippen molar-refractivity contribution in [3.63, 3.8) is 0 Å². The van der Waals surface area contributed by atoms with Gasteiger partial charge in [-0.3, -0.25) is 0 Å². The van der Waals surface area contributed by atoms with Gasteiger partial charge in [-0.25, -0.2) is 0 Å². The highest BCUT2D eigenvalue weighted by Gasteiger charge is 2.18. The molecule has 2 heterocycles. The van der Waals surface area contributed by atoms with Crippen molar-refractivity contribution in [2.45, 2.75) is 0 Å². The number of nitrogens with zero attached hydrogens (tertiary/aromatic N) is 2. The molecule has 0 amide bonds. The summed E-state index contributed by atoms with van der Waals surface area (Å²) < 4.78 is 12.7. The third-order valence-corrected chi connectivity index (χ3v) is 14.7. The van der Waals surface area contributed by atoms with E-state index in [2.05, 4.69) is 277 Å². The van der Waals surface area contributed by atoms with Crippen LogP contribution in [0.3, 0.4) is 0 Å². The van der Waals surface area contributed by atoms with Crippen LogP contribution in [0.5, 0.6) is 0 Å². The second-order valence-corrected chi connectivity index (χ2v) is 19.3. The molecule has 0 saturated carbocycles. The van der Waals surface area contributed by atoms with Gasteiger partial charge in [0.2, 0.25) is 0 Å². The van der Waals surface area contributed by atoms with Crippen molar-refractivity contribution in [3.8, 4) is 55.6 Å². The zero-order chi connectivity index (χ0) is 50.4. The predicted octanol–water partition coefficient (Wildman–Crippen LogP) is 20.8. The average Bonchev–Trinajstić information content (AvgIpc) is 4.10. The van der Waals surface area contributed by atoms with E-state index >= 15 is 0 Å². The van der Waals surface area contributed by atoms with Crippen LogP contribution in [0.2, 0.25) is 0 Å².